The number of oxazole rings is 1. The third kappa shape index (κ3) is 4.55. The van der Waals surface area contributed by atoms with Crippen LogP contribution in [0.4, 0.5) is 11.6 Å². The van der Waals surface area contributed by atoms with Gasteiger partial charge in [0.05, 0.1) is 7.11 Å². The van der Waals surface area contributed by atoms with Crippen molar-refractivity contribution in [1.29, 1.82) is 5.26 Å². The van der Waals surface area contributed by atoms with Crippen molar-refractivity contribution in [3.05, 3.63) is 78.2 Å². The molecule has 0 aliphatic carbocycles. The van der Waals surface area contributed by atoms with E-state index in [2.05, 4.69) is 33.0 Å². The molecule has 34 heavy (non-hydrogen) atoms. The van der Waals surface area contributed by atoms with E-state index in [1.807, 2.05) is 48.5 Å². The maximum absolute atomic E-state index is 9.62. The summed E-state index contributed by atoms with van der Waals surface area (Å²) in [7, 11) is 1.62. The van der Waals surface area contributed by atoms with Crippen LogP contribution in [0.5, 0.6) is 11.5 Å². The fourth-order valence-corrected chi connectivity index (χ4v) is 3.91. The minimum atomic E-state index is 0.256. The second kappa shape index (κ2) is 9.63. The SMILES string of the molecule is COc1ccc(OCc2ccc(-c3nc(C#N)c(N4CCN(c5ccccc5)CC4)o3)o2)cc1. The number of hydrogen-bond acceptors (Lipinski definition) is 8. The smallest absolute Gasteiger partial charge is 0.266 e. The summed E-state index contributed by atoms with van der Waals surface area (Å²) in [5.41, 5.74) is 1.46. The summed E-state index contributed by atoms with van der Waals surface area (Å²) < 4.78 is 22.8. The fraction of sp³-hybridized carbons (Fsp3) is 0.231. The van der Waals surface area contributed by atoms with Crippen molar-refractivity contribution in [2.45, 2.75) is 6.61 Å². The predicted octanol–water partition coefficient (Wildman–Crippen LogP) is 4.72. The zero-order chi connectivity index (χ0) is 23.3. The zero-order valence-corrected chi connectivity index (χ0v) is 18.8. The Morgan fingerprint density at radius 2 is 1.59 bits per heavy atom. The first kappa shape index (κ1) is 21.5. The van der Waals surface area contributed by atoms with Crippen molar-refractivity contribution in [3.63, 3.8) is 0 Å². The molecule has 1 aliphatic rings. The molecule has 8 heteroatoms. The molecule has 2 aromatic carbocycles. The van der Waals surface area contributed by atoms with E-state index in [0.717, 1.165) is 31.9 Å². The number of aromatic nitrogens is 1. The molecule has 0 saturated carbocycles. The highest BCUT2D eigenvalue weighted by molar-refractivity contribution is 5.57. The van der Waals surface area contributed by atoms with Crippen molar-refractivity contribution in [3.8, 4) is 29.2 Å². The Morgan fingerprint density at radius 3 is 2.29 bits per heavy atom. The summed E-state index contributed by atoms with van der Waals surface area (Å²) in [5.74, 6) is 3.32. The van der Waals surface area contributed by atoms with Gasteiger partial charge in [-0.25, -0.2) is 0 Å². The van der Waals surface area contributed by atoms with Crippen LogP contribution in [0.15, 0.2) is 75.6 Å². The molecule has 0 spiro atoms. The molecule has 8 nitrogen and oxygen atoms in total. The Balaban J connectivity index is 1.25. The lowest BCUT2D eigenvalue weighted by Crippen LogP contribution is -2.46. The van der Waals surface area contributed by atoms with Gasteiger partial charge in [0.1, 0.15) is 29.9 Å². The van der Waals surface area contributed by atoms with E-state index in [1.54, 1.807) is 13.2 Å². The van der Waals surface area contributed by atoms with Crippen molar-refractivity contribution < 1.29 is 18.3 Å². The maximum Gasteiger partial charge on any atom is 0.266 e. The van der Waals surface area contributed by atoms with E-state index in [-0.39, 0.29) is 18.2 Å². The molecular weight excluding hydrogens is 432 g/mol. The highest BCUT2D eigenvalue weighted by atomic mass is 16.5. The van der Waals surface area contributed by atoms with E-state index in [9.17, 15) is 5.26 Å². The number of rotatable bonds is 7. The maximum atomic E-state index is 9.62. The molecule has 1 aliphatic heterocycles. The van der Waals surface area contributed by atoms with Crippen LogP contribution >= 0.6 is 0 Å². The van der Waals surface area contributed by atoms with E-state index in [1.165, 1.54) is 5.69 Å². The van der Waals surface area contributed by atoms with Crippen LogP contribution in [-0.2, 0) is 6.61 Å². The molecule has 0 N–H and O–H groups in total. The second-order valence-electron chi connectivity index (χ2n) is 7.82. The highest BCUT2D eigenvalue weighted by Gasteiger charge is 2.25. The Hall–Kier alpha value is -4.38. The van der Waals surface area contributed by atoms with E-state index < -0.39 is 0 Å². The summed E-state index contributed by atoms with van der Waals surface area (Å²) in [6.07, 6.45) is 0. The van der Waals surface area contributed by atoms with Crippen LogP contribution in [0.2, 0.25) is 0 Å². The lowest BCUT2D eigenvalue weighted by atomic mass is 10.2. The van der Waals surface area contributed by atoms with Gasteiger partial charge in [0.25, 0.3) is 5.89 Å². The molecule has 5 rings (SSSR count). The normalized spacial score (nSPS) is 13.5. The van der Waals surface area contributed by atoms with E-state index in [0.29, 0.717) is 23.2 Å². The lowest BCUT2D eigenvalue weighted by Gasteiger charge is -2.35. The molecule has 0 amide bonds. The second-order valence-corrected chi connectivity index (χ2v) is 7.82. The summed E-state index contributed by atoms with van der Waals surface area (Å²) in [6, 6.07) is 23.4. The quantitative estimate of drug-likeness (QED) is 0.395. The van der Waals surface area contributed by atoms with Crippen LogP contribution in [-0.4, -0.2) is 38.3 Å². The van der Waals surface area contributed by atoms with E-state index in [4.69, 9.17) is 18.3 Å². The molecule has 4 aromatic rings. The number of ether oxygens (including phenoxy) is 2. The number of piperazine rings is 1. The number of nitriles is 1. The van der Waals surface area contributed by atoms with Gasteiger partial charge in [-0.3, -0.25) is 0 Å². The number of furan rings is 1. The van der Waals surface area contributed by atoms with Crippen LogP contribution in [0, 0.1) is 11.3 Å². The third-order valence-electron chi connectivity index (χ3n) is 5.72. The van der Waals surface area contributed by atoms with Gasteiger partial charge in [-0.2, -0.15) is 10.2 Å². The largest absolute Gasteiger partial charge is 0.497 e. The van der Waals surface area contributed by atoms with Crippen LogP contribution in [0.3, 0.4) is 0 Å². The predicted molar refractivity (Wildman–Crippen MR) is 127 cm³/mol. The summed E-state index contributed by atoms with van der Waals surface area (Å²) in [4.78, 5) is 8.75. The molecule has 1 fully saturated rings. The standard InChI is InChI=1S/C26H24N4O4/c1-31-20-7-9-21(10-8-20)32-18-22-11-12-24(33-22)25-28-23(17-27)26(34-25)30-15-13-29(14-16-30)19-5-3-2-4-6-19/h2-12H,13-16,18H2,1H3. The Kier molecular flexibility index (Phi) is 6.08. The Morgan fingerprint density at radius 1 is 0.882 bits per heavy atom. The molecule has 0 radical (unpaired) electrons. The monoisotopic (exact) mass is 456 g/mol. The minimum Gasteiger partial charge on any atom is -0.497 e. The number of methoxy groups -OCH3 is 1. The number of nitrogens with zero attached hydrogens (tertiary/aromatic N) is 4. The van der Waals surface area contributed by atoms with Crippen LogP contribution < -0.4 is 19.3 Å². The molecule has 172 valence electrons. The van der Waals surface area contributed by atoms with Crippen molar-refractivity contribution >= 4 is 11.6 Å². The molecule has 0 unspecified atom stereocenters. The lowest BCUT2D eigenvalue weighted by molar-refractivity contribution is 0.270. The molecule has 2 aromatic heterocycles. The van der Waals surface area contributed by atoms with Gasteiger partial charge in [0.15, 0.2) is 5.76 Å². The summed E-state index contributed by atoms with van der Waals surface area (Å²) in [6.45, 7) is 3.39. The zero-order valence-electron chi connectivity index (χ0n) is 18.8. The van der Waals surface area contributed by atoms with Crippen LogP contribution in [0.1, 0.15) is 11.5 Å². The Labute approximate surface area is 197 Å². The van der Waals surface area contributed by atoms with Crippen molar-refractivity contribution in [2.24, 2.45) is 0 Å². The van der Waals surface area contributed by atoms with Gasteiger partial charge in [-0.15, -0.1) is 0 Å². The van der Waals surface area contributed by atoms with Gasteiger partial charge in [-0.1, -0.05) is 18.2 Å². The van der Waals surface area contributed by atoms with Gasteiger partial charge >= 0.3 is 0 Å². The van der Waals surface area contributed by atoms with Gasteiger partial charge in [-0.05, 0) is 48.5 Å². The molecule has 0 bridgehead atoms. The molecular formula is C26H24N4O4. The summed E-state index contributed by atoms with van der Waals surface area (Å²) >= 11 is 0. The molecule has 0 atom stereocenters. The molecule has 3 heterocycles. The van der Waals surface area contributed by atoms with Crippen LogP contribution in [0.25, 0.3) is 11.7 Å². The fourth-order valence-electron chi connectivity index (χ4n) is 3.91. The Bertz CT molecular complexity index is 1270. The third-order valence-corrected chi connectivity index (χ3v) is 5.72. The number of hydrogen-bond donors (Lipinski definition) is 0. The van der Waals surface area contributed by atoms with E-state index >= 15 is 0 Å². The average Bonchev–Trinajstić information content (AvgIpc) is 3.56. The topological polar surface area (TPSA) is 87.9 Å². The minimum absolute atomic E-state index is 0.256. The number of para-hydroxylation sites is 1. The first-order valence-corrected chi connectivity index (χ1v) is 11.1. The van der Waals surface area contributed by atoms with Crippen molar-refractivity contribution in [1.82, 2.24) is 4.98 Å². The van der Waals surface area contributed by atoms with Crippen molar-refractivity contribution in [2.75, 3.05) is 43.1 Å². The molecule has 1 saturated heterocycles. The number of anilines is 2. The first-order valence-electron chi connectivity index (χ1n) is 11.1. The van der Waals surface area contributed by atoms with Gasteiger partial charge in [0.2, 0.25) is 11.6 Å². The average molecular weight is 457 g/mol. The first-order chi connectivity index (χ1) is 16.7. The van der Waals surface area contributed by atoms with Gasteiger partial charge < -0.3 is 28.1 Å². The number of benzene rings is 2. The van der Waals surface area contributed by atoms with Gasteiger partial charge in [0, 0.05) is 31.9 Å². The summed E-state index contributed by atoms with van der Waals surface area (Å²) in [5, 5.41) is 9.62. The highest BCUT2D eigenvalue weighted by Crippen LogP contribution is 2.31.